The molecule has 0 aromatic rings. The minimum atomic E-state index is -0.786. The molecule has 596 valence electrons. The maximum Gasteiger partial charge on any atom is 0.313 e. The molecular formula is C81H140O22. The van der Waals surface area contributed by atoms with Crippen LogP contribution < -0.4 is 0 Å². The van der Waals surface area contributed by atoms with Gasteiger partial charge in [-0.05, 0) is 165 Å². The van der Waals surface area contributed by atoms with E-state index in [0.29, 0.717) is 84.6 Å². The third-order valence-electron chi connectivity index (χ3n) is 22.5. The highest BCUT2D eigenvalue weighted by Crippen LogP contribution is 2.48. The summed E-state index contributed by atoms with van der Waals surface area (Å²) in [6.07, 6.45) is 9.44. The van der Waals surface area contributed by atoms with E-state index in [1.54, 1.807) is 13.8 Å². The van der Waals surface area contributed by atoms with Crippen molar-refractivity contribution >= 4 is 59.7 Å². The molecule has 0 radical (unpaired) electrons. The second kappa shape index (κ2) is 35.8. The molecule has 10 saturated heterocycles. The van der Waals surface area contributed by atoms with Gasteiger partial charge in [0.25, 0.3) is 0 Å². The molecule has 10 rings (SSSR count). The third-order valence-corrected chi connectivity index (χ3v) is 22.5. The number of carbonyl (C=O) groups excluding carboxylic acids is 10. The lowest BCUT2D eigenvalue weighted by molar-refractivity contribution is -0.172. The van der Waals surface area contributed by atoms with Crippen LogP contribution in [-0.2, 0) is 95.3 Å². The number of ether oxygens (including phenoxy) is 10. The fourth-order valence-corrected chi connectivity index (χ4v) is 11.8. The average molecular weight is 1470 g/mol. The van der Waals surface area contributed by atoms with Crippen molar-refractivity contribution in [3.8, 4) is 0 Å². The van der Waals surface area contributed by atoms with Crippen LogP contribution in [0, 0.1) is 71.4 Å². The molecule has 4 unspecified atom stereocenters. The third kappa shape index (κ3) is 29.9. The number of aliphatic hydroxyl groups excluding tert-OH is 1. The largest absolute Gasteiger partial charge is 0.466 e. The van der Waals surface area contributed by atoms with Crippen LogP contribution >= 0.6 is 0 Å². The Morgan fingerprint density at radius 2 is 1.00 bits per heavy atom. The number of rotatable bonds is 4. The zero-order chi connectivity index (χ0) is 80.8. The van der Waals surface area contributed by atoms with E-state index in [9.17, 15) is 53.1 Å². The zero-order valence-corrected chi connectivity index (χ0v) is 69.6. The second-order valence-electron chi connectivity index (χ2n) is 38.9. The second-order valence-corrected chi connectivity index (χ2v) is 38.9. The van der Waals surface area contributed by atoms with Crippen LogP contribution in [0.4, 0.5) is 0 Å². The molecular weight excluding hydrogens is 1320 g/mol. The van der Waals surface area contributed by atoms with Crippen LogP contribution in [0.2, 0.25) is 0 Å². The summed E-state index contributed by atoms with van der Waals surface area (Å²) in [5.41, 5.74) is -1.51. The van der Waals surface area contributed by atoms with Gasteiger partial charge in [0.2, 0.25) is 0 Å². The molecule has 0 amide bonds. The van der Waals surface area contributed by atoms with Crippen LogP contribution in [0.5, 0.6) is 0 Å². The lowest BCUT2D eigenvalue weighted by atomic mass is 9.65. The molecule has 4 atom stereocenters. The Morgan fingerprint density at radius 3 is 1.26 bits per heavy atom. The quantitative estimate of drug-likeness (QED) is 0.150. The summed E-state index contributed by atoms with van der Waals surface area (Å²) in [6.45, 7) is 69.0. The van der Waals surface area contributed by atoms with Gasteiger partial charge in [-0.15, -0.1) is 0 Å². The summed E-state index contributed by atoms with van der Waals surface area (Å²) in [6, 6.07) is 0. The fourth-order valence-electron chi connectivity index (χ4n) is 11.8. The summed E-state index contributed by atoms with van der Waals surface area (Å²) < 4.78 is 49.6. The number of esters is 10. The maximum absolute atomic E-state index is 11.3. The first-order chi connectivity index (χ1) is 46.0. The first-order valence-electron chi connectivity index (χ1n) is 36.9. The lowest BCUT2D eigenvalue weighted by Crippen LogP contribution is -2.45. The van der Waals surface area contributed by atoms with Gasteiger partial charge in [-0.25, -0.2) is 0 Å². The van der Waals surface area contributed by atoms with Gasteiger partial charge in [-0.1, -0.05) is 116 Å². The smallest absolute Gasteiger partial charge is 0.313 e. The molecule has 10 aliphatic heterocycles. The first-order valence-corrected chi connectivity index (χ1v) is 36.9. The normalized spacial score (nSPS) is 28.0. The van der Waals surface area contributed by atoms with E-state index in [2.05, 4.69) is 96.6 Å². The molecule has 0 bridgehead atoms. The Kier molecular flexibility index (Phi) is 33.2. The summed E-state index contributed by atoms with van der Waals surface area (Å²) >= 11 is 0. The highest BCUT2D eigenvalue weighted by atomic mass is 16.6. The summed E-state index contributed by atoms with van der Waals surface area (Å²) in [5, 5.41) is 18.2. The predicted molar refractivity (Wildman–Crippen MR) is 393 cm³/mol. The van der Waals surface area contributed by atoms with Gasteiger partial charge in [0.1, 0.15) is 22.9 Å². The van der Waals surface area contributed by atoms with Crippen molar-refractivity contribution in [3.63, 3.8) is 0 Å². The number of hydrogen-bond acceptors (Lipinski definition) is 22. The van der Waals surface area contributed by atoms with Gasteiger partial charge in [0, 0.05) is 48.0 Å². The van der Waals surface area contributed by atoms with E-state index in [1.807, 2.05) is 111 Å². The minimum Gasteiger partial charge on any atom is -0.466 e. The maximum atomic E-state index is 11.3. The zero-order valence-electron chi connectivity index (χ0n) is 69.6. The van der Waals surface area contributed by atoms with Gasteiger partial charge in [-0.2, -0.15) is 0 Å². The number of cyclic esters (lactones) is 10. The highest BCUT2D eigenvalue weighted by molar-refractivity contribution is 5.80. The van der Waals surface area contributed by atoms with Crippen LogP contribution in [0.3, 0.4) is 0 Å². The standard InChI is InChI=1S/C10H16O2.C9H16O3.2C9H16O2.2C8H14O2.C7H12O3.3C7H12O2/c1-7(10(2,3)4)8-5-6-12-9(8)11;1-8(2)6-9(3,4-5-10)12-7(8)11;1-8(2)5-7(10)11-6-9(8,3)4;1-8(2)5-6-11-7(10)9(8,3)4;1-7(2)5-8(3,4)10-6(7)9;1-7(2)5-6(9)10-8(7,3)4;1-7(2,9)5-3-6(8)10-4-5;1-5-7(2,3)4-6(8)9-5;1-7(2)3-4-9-6(8)5-7;1-7(2)4-3-5-9-6(7)8/h8H,1,5-6H2,2-4H3;10H,4-6H2,1-3H3;2*5-6H2,1-4H3;2*5H2,1-4H3;5,9H,3-4H2,1-2H3;5H,4H2,1-3H3;2*3-5H2,1-2H3. The van der Waals surface area contributed by atoms with Crippen molar-refractivity contribution < 1.29 is 106 Å². The average Bonchev–Trinajstić information content (AvgIpc) is 1.49. The molecule has 10 heterocycles. The van der Waals surface area contributed by atoms with Crippen LogP contribution in [0.25, 0.3) is 0 Å². The van der Waals surface area contributed by atoms with Crippen molar-refractivity contribution in [2.75, 3.05) is 46.2 Å². The molecule has 10 fully saturated rings. The molecule has 2 N–H and O–H groups in total. The topological polar surface area (TPSA) is 303 Å². The van der Waals surface area contributed by atoms with Gasteiger partial charge >= 0.3 is 59.7 Å². The van der Waals surface area contributed by atoms with E-state index in [-0.39, 0.29) is 155 Å². The summed E-state index contributed by atoms with van der Waals surface area (Å²) in [5.74, 6) is -0.978. The van der Waals surface area contributed by atoms with Gasteiger partial charge in [0.15, 0.2) is 0 Å². The number of carbonyl (C=O) groups is 10. The van der Waals surface area contributed by atoms with Gasteiger partial charge < -0.3 is 57.6 Å². The molecule has 103 heavy (non-hydrogen) atoms. The Morgan fingerprint density at radius 1 is 0.485 bits per heavy atom. The Hall–Kier alpha value is -5.64. The first kappa shape index (κ1) is 95.4. The predicted octanol–water partition coefficient (Wildman–Crippen LogP) is 15.1. The Bertz CT molecular complexity index is 2910. The van der Waals surface area contributed by atoms with E-state index in [4.69, 9.17) is 52.5 Å². The van der Waals surface area contributed by atoms with Crippen molar-refractivity contribution in [2.24, 2.45) is 71.4 Å². The molecule has 0 aliphatic carbocycles. The molecule has 22 nitrogen and oxygen atoms in total. The van der Waals surface area contributed by atoms with Crippen molar-refractivity contribution in [3.05, 3.63) is 12.2 Å². The number of hydrogen-bond donors (Lipinski definition) is 2. The van der Waals surface area contributed by atoms with Crippen LogP contribution in [0.1, 0.15) is 298 Å². The SMILES string of the molecule is C=C(C1CCOC1=O)C(C)(C)C.CC(C)(O)C1COC(=O)C1.CC1(C)CC(=O)OC1(C)C.CC1(C)CC(C)(C)C(=O)O1.CC1(C)CCCOC1=O.CC1(C)CCOC(=O)C1.CC1(C)CCOC(=O)C1(C)C.CC1(C)COC(=O)CC1(C)C.CC1(CCO)CC(C)(C)C(=O)O1.CC1OC(=O)CC1(C)C. The minimum absolute atomic E-state index is 0.00796. The molecule has 0 spiro atoms. The molecule has 0 aromatic heterocycles. The van der Waals surface area contributed by atoms with Gasteiger partial charge in [0.05, 0.1) is 105 Å². The van der Waals surface area contributed by atoms with E-state index >= 15 is 0 Å². The molecule has 10 aliphatic rings. The van der Waals surface area contributed by atoms with E-state index in [1.165, 1.54) is 0 Å². The van der Waals surface area contributed by atoms with Crippen molar-refractivity contribution in [2.45, 2.75) is 327 Å². The molecule has 0 aromatic carbocycles. The summed E-state index contributed by atoms with van der Waals surface area (Å²) in [7, 11) is 0. The van der Waals surface area contributed by atoms with E-state index < -0.39 is 11.2 Å². The van der Waals surface area contributed by atoms with Crippen molar-refractivity contribution in [1.82, 2.24) is 0 Å². The molecule has 0 saturated carbocycles. The number of aliphatic hydroxyl groups is 2. The monoisotopic (exact) mass is 1460 g/mol. The van der Waals surface area contributed by atoms with E-state index in [0.717, 1.165) is 44.1 Å². The Balaban J connectivity index is 0.000000573. The van der Waals surface area contributed by atoms with Crippen LogP contribution in [0.15, 0.2) is 12.2 Å². The lowest BCUT2D eigenvalue weighted by Gasteiger charge is -2.44. The highest BCUT2D eigenvalue weighted by Gasteiger charge is 2.51. The Labute approximate surface area is 619 Å². The van der Waals surface area contributed by atoms with Crippen molar-refractivity contribution in [1.29, 1.82) is 0 Å². The van der Waals surface area contributed by atoms with Crippen LogP contribution in [-0.4, -0.2) is 145 Å². The molecule has 22 heteroatoms. The fraction of sp³-hybridized carbons (Fsp3) is 0.852. The summed E-state index contributed by atoms with van der Waals surface area (Å²) in [4.78, 5) is 109. The van der Waals surface area contributed by atoms with Gasteiger partial charge in [-0.3, -0.25) is 47.9 Å².